The van der Waals surface area contributed by atoms with Crippen molar-refractivity contribution in [2.45, 2.75) is 19.4 Å². The minimum Gasteiger partial charge on any atom is -0.349 e. The number of carbonyl (C=O) groups excluding carboxylic acids is 1. The molecule has 1 atom stereocenters. The summed E-state index contributed by atoms with van der Waals surface area (Å²) < 4.78 is 0. The van der Waals surface area contributed by atoms with Gasteiger partial charge < -0.3 is 10.2 Å². The van der Waals surface area contributed by atoms with Crippen LogP contribution in [0, 0.1) is 10.1 Å². The third-order valence-corrected chi connectivity index (χ3v) is 2.87. The molecule has 1 rings (SSSR count). The van der Waals surface area contributed by atoms with Gasteiger partial charge in [-0.25, -0.2) is 0 Å². The van der Waals surface area contributed by atoms with Crippen LogP contribution in [0.15, 0.2) is 24.3 Å². The van der Waals surface area contributed by atoms with E-state index < -0.39 is 4.92 Å². The van der Waals surface area contributed by atoms with Crippen LogP contribution < -0.4 is 5.32 Å². The molecular formula is C13H19N3O3. The fourth-order valence-corrected chi connectivity index (χ4v) is 1.64. The average molecular weight is 265 g/mol. The van der Waals surface area contributed by atoms with Gasteiger partial charge in [-0.3, -0.25) is 14.9 Å². The van der Waals surface area contributed by atoms with E-state index in [0.29, 0.717) is 13.0 Å². The zero-order chi connectivity index (χ0) is 14.4. The highest BCUT2D eigenvalue weighted by atomic mass is 16.6. The zero-order valence-corrected chi connectivity index (χ0v) is 11.4. The van der Waals surface area contributed by atoms with E-state index in [9.17, 15) is 14.9 Å². The molecule has 0 aliphatic heterocycles. The fourth-order valence-electron chi connectivity index (χ4n) is 1.64. The van der Waals surface area contributed by atoms with Gasteiger partial charge in [-0.1, -0.05) is 12.1 Å². The third kappa shape index (κ3) is 4.67. The van der Waals surface area contributed by atoms with E-state index in [4.69, 9.17) is 0 Å². The van der Waals surface area contributed by atoms with Crippen molar-refractivity contribution in [3.8, 4) is 0 Å². The van der Waals surface area contributed by atoms with Crippen LogP contribution in [0.1, 0.15) is 24.9 Å². The number of nitro groups is 1. The first kappa shape index (κ1) is 15.1. The molecule has 0 fully saturated rings. The summed E-state index contributed by atoms with van der Waals surface area (Å²) in [6, 6.07) is 6.47. The molecule has 0 heterocycles. The SMILES string of the molecule is CC(NCCC(=O)N(C)C)c1cccc([N+](=O)[O-])c1. The molecular weight excluding hydrogens is 246 g/mol. The maximum atomic E-state index is 11.4. The average Bonchev–Trinajstić information content (AvgIpc) is 2.38. The second-order valence-electron chi connectivity index (χ2n) is 4.57. The number of hydrogen-bond donors (Lipinski definition) is 1. The Morgan fingerprint density at radius 2 is 2.16 bits per heavy atom. The van der Waals surface area contributed by atoms with E-state index in [1.807, 2.05) is 13.0 Å². The van der Waals surface area contributed by atoms with Crippen molar-refractivity contribution < 1.29 is 9.72 Å². The molecule has 1 N–H and O–H groups in total. The second kappa shape index (κ2) is 6.84. The number of nitrogens with one attached hydrogen (secondary N) is 1. The number of non-ortho nitro benzene ring substituents is 1. The molecule has 0 saturated heterocycles. The highest BCUT2D eigenvalue weighted by Gasteiger charge is 2.11. The Morgan fingerprint density at radius 1 is 1.47 bits per heavy atom. The Hall–Kier alpha value is -1.95. The Bertz CT molecular complexity index is 460. The minimum atomic E-state index is -0.411. The molecule has 0 aliphatic carbocycles. The highest BCUT2D eigenvalue weighted by Crippen LogP contribution is 2.18. The fraction of sp³-hybridized carbons (Fsp3) is 0.462. The van der Waals surface area contributed by atoms with Gasteiger partial charge in [0.05, 0.1) is 4.92 Å². The van der Waals surface area contributed by atoms with Gasteiger partial charge in [0.2, 0.25) is 5.91 Å². The van der Waals surface area contributed by atoms with Crippen LogP contribution in [0.5, 0.6) is 0 Å². The van der Waals surface area contributed by atoms with Crippen LogP contribution in [0.25, 0.3) is 0 Å². The van der Waals surface area contributed by atoms with Gasteiger partial charge in [0.25, 0.3) is 5.69 Å². The summed E-state index contributed by atoms with van der Waals surface area (Å²) in [5.41, 5.74) is 0.919. The number of hydrogen-bond acceptors (Lipinski definition) is 4. The summed E-state index contributed by atoms with van der Waals surface area (Å²) in [6.07, 6.45) is 0.409. The quantitative estimate of drug-likeness (QED) is 0.627. The van der Waals surface area contributed by atoms with Gasteiger partial charge in [-0.15, -0.1) is 0 Å². The molecule has 0 saturated carbocycles. The molecule has 0 spiro atoms. The third-order valence-electron chi connectivity index (χ3n) is 2.87. The van der Waals surface area contributed by atoms with Gasteiger partial charge in [-0.05, 0) is 12.5 Å². The maximum Gasteiger partial charge on any atom is 0.269 e. The van der Waals surface area contributed by atoms with Gasteiger partial charge in [-0.2, -0.15) is 0 Å². The topological polar surface area (TPSA) is 75.5 Å². The standard InChI is InChI=1S/C13H19N3O3/c1-10(14-8-7-13(17)15(2)3)11-5-4-6-12(9-11)16(18)19/h4-6,9-10,14H,7-8H2,1-3H3. The minimum absolute atomic E-state index is 0.0325. The normalized spacial score (nSPS) is 11.9. The Labute approximate surface area is 112 Å². The van der Waals surface area contributed by atoms with Gasteiger partial charge in [0.15, 0.2) is 0 Å². The highest BCUT2D eigenvalue weighted by molar-refractivity contribution is 5.75. The van der Waals surface area contributed by atoms with Gasteiger partial charge in [0, 0.05) is 45.2 Å². The molecule has 6 heteroatoms. The van der Waals surface area contributed by atoms with Crippen molar-refractivity contribution in [3.05, 3.63) is 39.9 Å². The van der Waals surface area contributed by atoms with Gasteiger partial charge >= 0.3 is 0 Å². The van der Waals surface area contributed by atoms with E-state index in [-0.39, 0.29) is 17.6 Å². The van der Waals surface area contributed by atoms with Crippen LogP contribution in [0.4, 0.5) is 5.69 Å². The molecule has 1 aromatic carbocycles. The lowest BCUT2D eigenvalue weighted by Gasteiger charge is -2.15. The van der Waals surface area contributed by atoms with Crippen molar-refractivity contribution in [2.75, 3.05) is 20.6 Å². The zero-order valence-electron chi connectivity index (χ0n) is 11.4. The van der Waals surface area contributed by atoms with Crippen molar-refractivity contribution in [1.29, 1.82) is 0 Å². The number of nitro benzene ring substituents is 1. The molecule has 1 aromatic rings. The van der Waals surface area contributed by atoms with Crippen LogP contribution in [-0.2, 0) is 4.79 Å². The first-order valence-corrected chi connectivity index (χ1v) is 6.09. The number of benzene rings is 1. The summed E-state index contributed by atoms with van der Waals surface area (Å²) in [7, 11) is 3.43. The summed E-state index contributed by atoms with van der Waals surface area (Å²) in [5, 5.41) is 13.9. The Balaban J connectivity index is 2.54. The van der Waals surface area contributed by atoms with E-state index in [1.54, 1.807) is 31.1 Å². The summed E-state index contributed by atoms with van der Waals surface area (Å²) in [5.74, 6) is 0.0544. The van der Waals surface area contributed by atoms with Crippen LogP contribution in [-0.4, -0.2) is 36.4 Å². The molecule has 6 nitrogen and oxygen atoms in total. The van der Waals surface area contributed by atoms with Crippen molar-refractivity contribution in [3.63, 3.8) is 0 Å². The summed E-state index contributed by atoms with van der Waals surface area (Å²) in [6.45, 7) is 2.46. The molecule has 0 radical (unpaired) electrons. The molecule has 104 valence electrons. The number of rotatable bonds is 6. The summed E-state index contributed by atoms with van der Waals surface area (Å²) >= 11 is 0. The summed E-state index contributed by atoms with van der Waals surface area (Å²) in [4.78, 5) is 23.2. The Kier molecular flexibility index (Phi) is 5.44. The van der Waals surface area contributed by atoms with Crippen LogP contribution >= 0.6 is 0 Å². The van der Waals surface area contributed by atoms with E-state index >= 15 is 0 Å². The lowest BCUT2D eigenvalue weighted by molar-refractivity contribution is -0.384. The molecule has 1 unspecified atom stereocenters. The largest absolute Gasteiger partial charge is 0.349 e. The van der Waals surface area contributed by atoms with E-state index in [2.05, 4.69) is 5.32 Å². The van der Waals surface area contributed by atoms with Crippen LogP contribution in [0.3, 0.4) is 0 Å². The number of nitrogens with zero attached hydrogens (tertiary/aromatic N) is 2. The van der Waals surface area contributed by atoms with E-state index in [1.165, 1.54) is 6.07 Å². The molecule has 0 aliphatic rings. The lowest BCUT2D eigenvalue weighted by atomic mass is 10.1. The predicted molar refractivity (Wildman–Crippen MR) is 72.8 cm³/mol. The first-order chi connectivity index (χ1) is 8.91. The molecule has 0 aromatic heterocycles. The molecule has 1 amide bonds. The van der Waals surface area contributed by atoms with Crippen molar-refractivity contribution in [2.24, 2.45) is 0 Å². The lowest BCUT2D eigenvalue weighted by Crippen LogP contribution is -2.28. The number of amides is 1. The van der Waals surface area contributed by atoms with Crippen molar-refractivity contribution in [1.82, 2.24) is 10.2 Å². The predicted octanol–water partition coefficient (Wildman–Crippen LogP) is 1.72. The number of carbonyl (C=O) groups is 1. The van der Waals surface area contributed by atoms with Gasteiger partial charge in [0.1, 0.15) is 0 Å². The van der Waals surface area contributed by atoms with Crippen LogP contribution in [0.2, 0.25) is 0 Å². The molecule has 19 heavy (non-hydrogen) atoms. The second-order valence-corrected chi connectivity index (χ2v) is 4.57. The monoisotopic (exact) mass is 265 g/mol. The first-order valence-electron chi connectivity index (χ1n) is 6.09. The van der Waals surface area contributed by atoms with Crippen molar-refractivity contribution >= 4 is 11.6 Å². The Morgan fingerprint density at radius 3 is 2.74 bits per heavy atom. The maximum absolute atomic E-state index is 11.4. The smallest absolute Gasteiger partial charge is 0.269 e. The molecule has 0 bridgehead atoms. The van der Waals surface area contributed by atoms with E-state index in [0.717, 1.165) is 5.56 Å².